The first-order chi connectivity index (χ1) is 20.1. The summed E-state index contributed by atoms with van der Waals surface area (Å²) in [6.07, 6.45) is -3.62. The molecule has 0 saturated heterocycles. The standard InChI is InChI=1S/C29H24F5N5O3S/c1-43(41,42)25-8-3-2-7-22(25)19-14-23(30)26(24(31)15-19)37-28(40)39(38-21-6-4-5-18(13-21)27(35)36)16-17-9-11-20(12-10-17)29(32,33)34/h2-15,38H,16H2,1H3,(H3,35,36)(H,37,40). The molecule has 0 fully saturated rings. The van der Waals surface area contributed by atoms with Crippen molar-refractivity contribution in [1.82, 2.24) is 5.01 Å². The number of carbonyl (C=O) groups excluding carboxylic acids is 1. The number of alkyl halides is 3. The van der Waals surface area contributed by atoms with Crippen LogP contribution in [-0.4, -0.2) is 31.5 Å². The molecule has 0 heterocycles. The Kier molecular flexibility index (Phi) is 8.71. The van der Waals surface area contributed by atoms with E-state index in [9.17, 15) is 26.4 Å². The molecule has 224 valence electrons. The molecule has 0 radical (unpaired) electrons. The molecule has 0 aromatic heterocycles. The van der Waals surface area contributed by atoms with E-state index < -0.39 is 44.9 Å². The van der Waals surface area contributed by atoms with E-state index in [4.69, 9.17) is 11.1 Å². The number of hydrazine groups is 1. The molecule has 2 amide bonds. The largest absolute Gasteiger partial charge is 0.416 e. The quantitative estimate of drug-likeness (QED) is 0.0788. The van der Waals surface area contributed by atoms with Gasteiger partial charge in [-0.1, -0.05) is 42.5 Å². The lowest BCUT2D eigenvalue weighted by Crippen LogP contribution is -2.39. The number of halogens is 5. The first-order valence-corrected chi connectivity index (χ1v) is 14.3. The summed E-state index contributed by atoms with van der Waals surface area (Å²) in [5.41, 5.74) is 7.23. The van der Waals surface area contributed by atoms with Gasteiger partial charge in [0.05, 0.1) is 22.7 Å². The van der Waals surface area contributed by atoms with Crippen LogP contribution in [-0.2, 0) is 22.6 Å². The van der Waals surface area contributed by atoms with Crippen LogP contribution in [0.1, 0.15) is 16.7 Å². The minimum absolute atomic E-state index is 0.0524. The van der Waals surface area contributed by atoms with Gasteiger partial charge in [0.1, 0.15) is 23.2 Å². The molecular weight excluding hydrogens is 593 g/mol. The van der Waals surface area contributed by atoms with Crippen molar-refractivity contribution in [2.24, 2.45) is 5.73 Å². The summed E-state index contributed by atoms with van der Waals surface area (Å²) in [7, 11) is -3.74. The molecule has 43 heavy (non-hydrogen) atoms. The molecule has 0 atom stereocenters. The molecule has 8 nitrogen and oxygen atoms in total. The number of nitrogens with zero attached hydrogens (tertiary/aromatic N) is 1. The fraction of sp³-hybridized carbons (Fsp3) is 0.103. The molecule has 4 aromatic carbocycles. The Labute approximate surface area is 243 Å². The molecule has 0 aliphatic carbocycles. The minimum Gasteiger partial charge on any atom is -0.384 e. The summed E-state index contributed by atoms with van der Waals surface area (Å²) in [4.78, 5) is 13.2. The Bertz CT molecular complexity index is 1770. The Morgan fingerprint density at radius 1 is 0.930 bits per heavy atom. The summed E-state index contributed by atoms with van der Waals surface area (Å²) in [5, 5.41) is 10.6. The summed E-state index contributed by atoms with van der Waals surface area (Å²) in [6.45, 7) is -0.350. The highest BCUT2D eigenvalue weighted by Crippen LogP contribution is 2.32. The van der Waals surface area contributed by atoms with Crippen LogP contribution >= 0.6 is 0 Å². The number of nitrogens with two attached hydrogens (primary N) is 1. The van der Waals surface area contributed by atoms with E-state index in [1.165, 1.54) is 48.5 Å². The number of nitrogens with one attached hydrogen (secondary N) is 3. The average Bonchev–Trinajstić information content (AvgIpc) is 2.94. The minimum atomic E-state index is -4.58. The maximum absolute atomic E-state index is 15.2. The monoisotopic (exact) mass is 617 g/mol. The van der Waals surface area contributed by atoms with Crippen molar-refractivity contribution in [3.8, 4) is 11.1 Å². The number of amides is 2. The van der Waals surface area contributed by atoms with Gasteiger partial charge in [0, 0.05) is 17.4 Å². The molecule has 0 saturated carbocycles. The van der Waals surface area contributed by atoms with Gasteiger partial charge in [-0.05, 0) is 53.6 Å². The third-order valence-electron chi connectivity index (χ3n) is 6.18. The first-order valence-electron chi connectivity index (χ1n) is 12.4. The van der Waals surface area contributed by atoms with Crippen molar-refractivity contribution in [3.63, 3.8) is 0 Å². The maximum atomic E-state index is 15.2. The predicted molar refractivity (Wildman–Crippen MR) is 152 cm³/mol. The van der Waals surface area contributed by atoms with E-state index in [-0.39, 0.29) is 39.7 Å². The second kappa shape index (κ2) is 12.1. The van der Waals surface area contributed by atoms with Crippen LogP contribution in [0.4, 0.5) is 38.1 Å². The second-order valence-corrected chi connectivity index (χ2v) is 11.4. The lowest BCUT2D eigenvalue weighted by molar-refractivity contribution is -0.137. The summed E-state index contributed by atoms with van der Waals surface area (Å²) >= 11 is 0. The van der Waals surface area contributed by atoms with Crippen LogP contribution in [0.2, 0.25) is 0 Å². The maximum Gasteiger partial charge on any atom is 0.416 e. The normalized spacial score (nSPS) is 11.6. The molecule has 0 unspecified atom stereocenters. The summed E-state index contributed by atoms with van der Waals surface area (Å²) < 4.78 is 93.8. The van der Waals surface area contributed by atoms with Crippen molar-refractivity contribution in [2.45, 2.75) is 17.6 Å². The molecule has 0 aliphatic heterocycles. The van der Waals surface area contributed by atoms with Crippen molar-refractivity contribution >= 4 is 33.1 Å². The number of amidine groups is 1. The van der Waals surface area contributed by atoms with Crippen LogP contribution in [0.5, 0.6) is 0 Å². The Hall–Kier alpha value is -4.98. The van der Waals surface area contributed by atoms with Crippen LogP contribution in [0.15, 0.2) is 89.8 Å². The van der Waals surface area contributed by atoms with E-state index in [2.05, 4.69) is 10.7 Å². The number of urea groups is 1. The smallest absolute Gasteiger partial charge is 0.384 e. The highest BCUT2D eigenvalue weighted by molar-refractivity contribution is 7.90. The van der Waals surface area contributed by atoms with Crippen LogP contribution in [0.25, 0.3) is 11.1 Å². The zero-order valence-electron chi connectivity index (χ0n) is 22.3. The zero-order chi connectivity index (χ0) is 31.5. The van der Waals surface area contributed by atoms with Gasteiger partial charge in [0.2, 0.25) is 0 Å². The number of sulfone groups is 1. The van der Waals surface area contributed by atoms with E-state index in [1.807, 2.05) is 0 Å². The summed E-state index contributed by atoms with van der Waals surface area (Å²) in [5.74, 6) is -2.69. The Balaban J connectivity index is 1.66. The molecule has 0 bridgehead atoms. The number of benzene rings is 4. The zero-order valence-corrected chi connectivity index (χ0v) is 23.2. The summed E-state index contributed by atoms with van der Waals surface area (Å²) in [6, 6.07) is 16.2. The van der Waals surface area contributed by atoms with Crippen molar-refractivity contribution in [2.75, 3.05) is 17.0 Å². The van der Waals surface area contributed by atoms with E-state index in [0.717, 1.165) is 47.7 Å². The highest BCUT2D eigenvalue weighted by Gasteiger charge is 2.30. The van der Waals surface area contributed by atoms with Crippen molar-refractivity contribution in [3.05, 3.63) is 113 Å². The number of anilines is 2. The highest BCUT2D eigenvalue weighted by atomic mass is 32.2. The van der Waals surface area contributed by atoms with Gasteiger partial charge >= 0.3 is 12.2 Å². The molecule has 0 spiro atoms. The fourth-order valence-electron chi connectivity index (χ4n) is 4.11. The van der Waals surface area contributed by atoms with Crippen molar-refractivity contribution in [1.29, 1.82) is 5.41 Å². The molecular formula is C29H24F5N5O3S. The number of carbonyl (C=O) groups is 1. The van der Waals surface area contributed by atoms with Gasteiger partial charge in [0.25, 0.3) is 0 Å². The second-order valence-electron chi connectivity index (χ2n) is 9.40. The molecule has 5 N–H and O–H groups in total. The first kappa shape index (κ1) is 31.0. The SMILES string of the molecule is CS(=O)(=O)c1ccccc1-c1cc(F)c(NC(=O)N(Cc2ccc(C(F)(F)F)cc2)Nc2cccc(C(=N)N)c2)c(F)c1. The Morgan fingerprint density at radius 3 is 2.14 bits per heavy atom. The number of rotatable bonds is 8. The lowest BCUT2D eigenvalue weighted by Gasteiger charge is -2.25. The van der Waals surface area contributed by atoms with Gasteiger partial charge in [0.15, 0.2) is 9.84 Å². The average molecular weight is 618 g/mol. The number of hydrogen-bond acceptors (Lipinski definition) is 5. The lowest BCUT2D eigenvalue weighted by atomic mass is 10.0. The van der Waals surface area contributed by atoms with E-state index in [0.29, 0.717) is 5.56 Å². The molecule has 14 heteroatoms. The van der Waals surface area contributed by atoms with Gasteiger partial charge in [-0.3, -0.25) is 10.8 Å². The van der Waals surface area contributed by atoms with Gasteiger partial charge in [-0.25, -0.2) is 27.0 Å². The van der Waals surface area contributed by atoms with Crippen LogP contribution in [0.3, 0.4) is 0 Å². The van der Waals surface area contributed by atoms with Gasteiger partial charge < -0.3 is 11.1 Å². The van der Waals surface area contributed by atoms with E-state index >= 15 is 8.78 Å². The van der Waals surface area contributed by atoms with E-state index in [1.54, 1.807) is 0 Å². The molecule has 4 rings (SSSR count). The number of hydrogen-bond donors (Lipinski definition) is 4. The van der Waals surface area contributed by atoms with Crippen LogP contribution < -0.4 is 16.5 Å². The topological polar surface area (TPSA) is 128 Å². The van der Waals surface area contributed by atoms with Gasteiger partial charge in [-0.2, -0.15) is 13.2 Å². The van der Waals surface area contributed by atoms with Crippen molar-refractivity contribution < 1.29 is 35.2 Å². The van der Waals surface area contributed by atoms with Crippen LogP contribution in [0, 0.1) is 17.0 Å². The molecule has 0 aliphatic rings. The predicted octanol–water partition coefficient (Wildman–Crippen LogP) is 6.40. The Morgan fingerprint density at radius 2 is 1.56 bits per heavy atom. The third-order valence-corrected chi connectivity index (χ3v) is 7.33. The third kappa shape index (κ3) is 7.46. The molecule has 4 aromatic rings. The van der Waals surface area contributed by atoms with Gasteiger partial charge in [-0.15, -0.1) is 0 Å². The number of nitrogen functional groups attached to an aromatic ring is 1. The fourth-order valence-corrected chi connectivity index (χ4v) is 5.02.